The van der Waals surface area contributed by atoms with E-state index in [1.165, 1.54) is 40.0 Å². The molecule has 20 heteroatoms. The van der Waals surface area contributed by atoms with Gasteiger partial charge in [-0.3, -0.25) is 4.79 Å². The van der Waals surface area contributed by atoms with Crippen molar-refractivity contribution in [1.29, 1.82) is 0 Å². The number of phenolic OH excluding ortho intramolecular Hbond substituents is 2. The standard InChI is InChI=1S/C51H72Cl2O18/c1-13-30-21-25(5)32(55)17-15-14-16-31(22-65-50-44(64-12)41(60)43(29(9)66-50)68-48(63)34-27(7)35(52)38(57)36(53)37(34)56)47(62)67-33(28(8)54)19-18-24(4)20-26(6)42(30)69-49-40(59)39(58)45(51(10,11)71-49)70-46(61)23(2)3/h14-16,18,20-21,23,28-30,32-33,39-45,49-50,54-60H,13,17,19,22H2,1-12H3/b15-14+,24-18+,25-21+,26-20+,31-16+/t28?,29-,30?,32?,33?,39-,40+,41-,42?,43-,44+,45+,49-,50-/m1/s1. The molecule has 14 atom stereocenters. The second kappa shape index (κ2) is 25.9. The zero-order valence-corrected chi connectivity index (χ0v) is 43.8. The third kappa shape index (κ3) is 14.7. The molecule has 0 aliphatic carbocycles. The number of hydrogen-bond acceptors (Lipinski definition) is 18. The lowest BCUT2D eigenvalue weighted by atomic mass is 9.88. The number of halogens is 2. The summed E-state index contributed by atoms with van der Waals surface area (Å²) >= 11 is 12.1. The van der Waals surface area contributed by atoms with Crippen molar-refractivity contribution in [3.8, 4) is 11.5 Å². The number of carbonyl (C=O) groups is 3. The van der Waals surface area contributed by atoms with E-state index in [2.05, 4.69) is 0 Å². The van der Waals surface area contributed by atoms with Crippen LogP contribution in [0.2, 0.25) is 10.0 Å². The number of hydrogen-bond donors (Lipinski definition) is 7. The maximum atomic E-state index is 13.9. The SMILES string of the molecule is CCC1/C=C(\C)C(O)C/C=C/C=C(\CO[C@@H]2O[C@H](C)[C@@H](OC(=O)c3c(C)c(Cl)c(O)c(Cl)c3O)[C@@H](O)[C@@H]2OC)C(=O)OC(C(C)O)C/C=C(C)/C=C(\C)C1O[C@@H]1OC(C)(C)[C@@H](OC(=O)C(C)C)[C@H](O)[C@@H]1O. The fraction of sp³-hybridized carbons (Fsp3) is 0.627. The number of methoxy groups -OCH3 is 1. The van der Waals surface area contributed by atoms with Gasteiger partial charge in [0.25, 0.3) is 0 Å². The molecule has 1 aromatic carbocycles. The summed E-state index contributed by atoms with van der Waals surface area (Å²) in [5.41, 5.74) is 0.193. The van der Waals surface area contributed by atoms with Crippen LogP contribution in [0.15, 0.2) is 58.7 Å². The summed E-state index contributed by atoms with van der Waals surface area (Å²) in [6, 6.07) is 0. The van der Waals surface area contributed by atoms with Gasteiger partial charge in [0, 0.05) is 19.4 Å². The third-order valence-corrected chi connectivity index (χ3v) is 13.6. The Morgan fingerprint density at radius 1 is 0.901 bits per heavy atom. The molecule has 0 saturated carbocycles. The Morgan fingerprint density at radius 3 is 2.17 bits per heavy atom. The number of aliphatic hydroxyl groups is 5. The normalized spacial score (nSPS) is 35.2. The summed E-state index contributed by atoms with van der Waals surface area (Å²) in [5, 5.41) is 76.0. The highest BCUT2D eigenvalue weighted by Gasteiger charge is 2.53. The zero-order valence-electron chi connectivity index (χ0n) is 42.3. The highest BCUT2D eigenvalue weighted by Crippen LogP contribution is 2.44. The molecule has 1 aromatic rings. The molecule has 0 bridgehead atoms. The van der Waals surface area contributed by atoms with Crippen LogP contribution in [0, 0.1) is 18.8 Å². The van der Waals surface area contributed by atoms with Crippen LogP contribution in [0.5, 0.6) is 11.5 Å². The topological polar surface area (TPSA) is 267 Å². The molecule has 18 nitrogen and oxygen atoms in total. The highest BCUT2D eigenvalue weighted by molar-refractivity contribution is 6.39. The van der Waals surface area contributed by atoms with Gasteiger partial charge in [0.05, 0.1) is 47.5 Å². The minimum absolute atomic E-state index is 0.0285. The van der Waals surface area contributed by atoms with E-state index in [1.807, 2.05) is 32.9 Å². The number of carbonyl (C=O) groups excluding carboxylic acids is 3. The average Bonchev–Trinajstić information content (AvgIpc) is 3.30. The number of ether oxygens (including phenoxy) is 8. The van der Waals surface area contributed by atoms with E-state index < -0.39 is 144 Å². The van der Waals surface area contributed by atoms with Gasteiger partial charge in [-0.15, -0.1) is 0 Å². The van der Waals surface area contributed by atoms with Crippen LogP contribution in [0.3, 0.4) is 0 Å². The number of aromatic hydroxyl groups is 2. The molecule has 3 heterocycles. The van der Waals surface area contributed by atoms with Gasteiger partial charge in [0.2, 0.25) is 0 Å². The van der Waals surface area contributed by atoms with Crippen LogP contribution in [0.25, 0.3) is 0 Å². The molecule has 5 unspecified atom stereocenters. The molecular formula is C51H72Cl2O18. The van der Waals surface area contributed by atoms with Gasteiger partial charge in [-0.05, 0) is 91.0 Å². The maximum absolute atomic E-state index is 13.9. The van der Waals surface area contributed by atoms with Crippen molar-refractivity contribution < 1.29 is 88.0 Å². The quantitative estimate of drug-likeness (QED) is 0.0721. The number of phenols is 2. The molecule has 0 radical (unpaired) electrons. The number of aliphatic hydroxyl groups excluding tert-OH is 5. The monoisotopic (exact) mass is 1040 g/mol. The summed E-state index contributed by atoms with van der Waals surface area (Å²) < 4.78 is 47.4. The van der Waals surface area contributed by atoms with Gasteiger partial charge >= 0.3 is 17.9 Å². The van der Waals surface area contributed by atoms with Gasteiger partial charge in [-0.2, -0.15) is 0 Å². The first-order valence-corrected chi connectivity index (χ1v) is 24.4. The summed E-state index contributed by atoms with van der Waals surface area (Å²) in [4.78, 5) is 39.8. The molecule has 398 valence electrons. The van der Waals surface area contributed by atoms with E-state index in [-0.39, 0.29) is 29.0 Å². The van der Waals surface area contributed by atoms with Crippen LogP contribution in [-0.4, -0.2) is 153 Å². The first kappa shape index (κ1) is 59.7. The van der Waals surface area contributed by atoms with Crippen LogP contribution < -0.4 is 0 Å². The fourth-order valence-corrected chi connectivity index (χ4v) is 8.79. The van der Waals surface area contributed by atoms with E-state index in [0.717, 1.165) is 0 Å². The van der Waals surface area contributed by atoms with E-state index in [4.69, 9.17) is 61.1 Å². The molecule has 7 N–H and O–H groups in total. The minimum Gasteiger partial charge on any atom is -0.505 e. The summed E-state index contributed by atoms with van der Waals surface area (Å²) in [7, 11) is 1.26. The summed E-state index contributed by atoms with van der Waals surface area (Å²) in [5.74, 6) is -4.84. The van der Waals surface area contributed by atoms with Crippen molar-refractivity contribution in [2.45, 2.75) is 181 Å². The molecule has 0 amide bonds. The Balaban J connectivity index is 1.60. The van der Waals surface area contributed by atoms with Crippen LogP contribution in [0.1, 0.15) is 104 Å². The van der Waals surface area contributed by atoms with Gasteiger partial charge in [0.15, 0.2) is 36.3 Å². The van der Waals surface area contributed by atoms with Crippen LogP contribution in [-0.2, 0) is 47.5 Å². The van der Waals surface area contributed by atoms with Crippen LogP contribution in [0.4, 0.5) is 0 Å². The molecule has 3 aliphatic heterocycles. The Labute approximate surface area is 425 Å². The number of esters is 3. The Hall–Kier alpha value is -3.89. The van der Waals surface area contributed by atoms with Crippen molar-refractivity contribution in [2.24, 2.45) is 11.8 Å². The molecule has 0 spiro atoms. The lowest BCUT2D eigenvalue weighted by molar-refractivity contribution is -0.333. The van der Waals surface area contributed by atoms with Crippen molar-refractivity contribution in [3.63, 3.8) is 0 Å². The number of cyclic esters (lactones) is 1. The summed E-state index contributed by atoms with van der Waals surface area (Å²) in [6.07, 6.45) is -5.56. The highest BCUT2D eigenvalue weighted by atomic mass is 35.5. The zero-order chi connectivity index (χ0) is 53.4. The first-order chi connectivity index (χ1) is 33.2. The average molecular weight is 1040 g/mol. The second-order valence-electron chi connectivity index (χ2n) is 19.2. The Kier molecular flexibility index (Phi) is 21.7. The van der Waals surface area contributed by atoms with Gasteiger partial charge < -0.3 is 73.6 Å². The maximum Gasteiger partial charge on any atom is 0.342 e. The number of benzene rings is 1. The van der Waals surface area contributed by atoms with Crippen molar-refractivity contribution in [3.05, 3.63) is 79.9 Å². The van der Waals surface area contributed by atoms with Crippen molar-refractivity contribution >= 4 is 41.1 Å². The van der Waals surface area contributed by atoms with E-state index in [0.29, 0.717) is 23.1 Å². The Morgan fingerprint density at radius 2 is 1.56 bits per heavy atom. The molecule has 4 rings (SSSR count). The van der Waals surface area contributed by atoms with E-state index in [9.17, 15) is 50.1 Å². The molecule has 2 saturated heterocycles. The fourth-order valence-electron chi connectivity index (χ4n) is 8.37. The molecule has 0 aromatic heterocycles. The molecule has 2 fully saturated rings. The predicted octanol–water partition coefficient (Wildman–Crippen LogP) is 5.98. The predicted molar refractivity (Wildman–Crippen MR) is 260 cm³/mol. The first-order valence-electron chi connectivity index (χ1n) is 23.6. The minimum atomic E-state index is -1.61. The second-order valence-corrected chi connectivity index (χ2v) is 19.9. The van der Waals surface area contributed by atoms with Crippen LogP contribution >= 0.6 is 23.2 Å². The lowest BCUT2D eigenvalue weighted by Gasteiger charge is -2.47. The smallest absolute Gasteiger partial charge is 0.342 e. The van der Waals surface area contributed by atoms with Gasteiger partial charge in [0.1, 0.15) is 46.7 Å². The molecule has 3 aliphatic rings. The third-order valence-electron chi connectivity index (χ3n) is 12.8. The number of allylic oxidation sites excluding steroid dienone is 4. The Bertz CT molecular complexity index is 2170. The van der Waals surface area contributed by atoms with Crippen molar-refractivity contribution in [1.82, 2.24) is 0 Å². The number of rotatable bonds is 12. The van der Waals surface area contributed by atoms with Gasteiger partial charge in [-0.25, -0.2) is 9.59 Å². The summed E-state index contributed by atoms with van der Waals surface area (Å²) in [6.45, 7) is 17.8. The molecular weight excluding hydrogens is 971 g/mol. The van der Waals surface area contributed by atoms with E-state index >= 15 is 0 Å². The van der Waals surface area contributed by atoms with Gasteiger partial charge in [-0.1, -0.05) is 79.9 Å². The largest absolute Gasteiger partial charge is 0.505 e. The van der Waals surface area contributed by atoms with E-state index in [1.54, 1.807) is 46.8 Å². The molecule has 71 heavy (non-hydrogen) atoms. The van der Waals surface area contributed by atoms with Crippen molar-refractivity contribution in [2.75, 3.05) is 13.7 Å². The lowest BCUT2D eigenvalue weighted by Crippen LogP contribution is -2.64.